The lowest BCUT2D eigenvalue weighted by molar-refractivity contribution is -0.138. The monoisotopic (exact) mass is 418 g/mol. The first-order valence-corrected chi connectivity index (χ1v) is 11.3. The smallest absolute Gasteiger partial charge is 0.262 e. The van der Waals surface area contributed by atoms with E-state index < -0.39 is 6.04 Å². The zero-order chi connectivity index (χ0) is 22.0. The zero-order valence-corrected chi connectivity index (χ0v) is 18.3. The number of amides is 3. The lowest BCUT2D eigenvalue weighted by atomic mass is 9.89. The van der Waals surface area contributed by atoms with Crippen LogP contribution in [0.1, 0.15) is 59.4 Å². The molecule has 1 saturated heterocycles. The fourth-order valence-electron chi connectivity index (χ4n) is 4.78. The molecular weight excluding hydrogens is 388 g/mol. The van der Waals surface area contributed by atoms with E-state index in [9.17, 15) is 14.4 Å². The van der Waals surface area contributed by atoms with E-state index in [2.05, 4.69) is 24.3 Å². The van der Waals surface area contributed by atoms with Crippen LogP contribution in [0.5, 0.6) is 0 Å². The topological polar surface area (TPSA) is 57.7 Å². The number of carbonyl (C=O) groups is 3. The molecule has 1 fully saturated rings. The van der Waals surface area contributed by atoms with Crippen molar-refractivity contribution in [3.8, 4) is 0 Å². The second-order valence-corrected chi connectivity index (χ2v) is 8.81. The molecule has 2 atom stereocenters. The van der Waals surface area contributed by atoms with E-state index in [-0.39, 0.29) is 23.6 Å². The molecule has 0 aromatic heterocycles. The quantitative estimate of drug-likeness (QED) is 0.662. The Morgan fingerprint density at radius 2 is 1.48 bits per heavy atom. The highest BCUT2D eigenvalue weighted by molar-refractivity contribution is 6.22. The number of carbonyl (C=O) groups excluding carboxylic acids is 3. The average Bonchev–Trinajstić information content (AvgIpc) is 3.05. The number of benzene rings is 2. The zero-order valence-electron chi connectivity index (χ0n) is 18.3. The van der Waals surface area contributed by atoms with Gasteiger partial charge in [0.05, 0.1) is 11.1 Å². The molecule has 31 heavy (non-hydrogen) atoms. The van der Waals surface area contributed by atoms with Gasteiger partial charge in [-0.15, -0.1) is 0 Å². The summed E-state index contributed by atoms with van der Waals surface area (Å²) in [6, 6.07) is 16.6. The molecule has 0 unspecified atom stereocenters. The average molecular weight is 419 g/mol. The molecule has 3 amide bonds. The maximum atomic E-state index is 13.6. The Hall–Kier alpha value is -2.95. The van der Waals surface area contributed by atoms with E-state index in [4.69, 9.17) is 0 Å². The van der Waals surface area contributed by atoms with Gasteiger partial charge in [-0.3, -0.25) is 19.3 Å². The van der Waals surface area contributed by atoms with E-state index in [1.807, 2.05) is 24.8 Å². The molecule has 0 N–H and O–H groups in total. The molecule has 2 heterocycles. The Balaban J connectivity index is 1.48. The lowest BCUT2D eigenvalue weighted by Crippen LogP contribution is -2.55. The molecule has 5 heteroatoms. The summed E-state index contributed by atoms with van der Waals surface area (Å²) in [5.74, 6) is -0.344. The van der Waals surface area contributed by atoms with Crippen LogP contribution < -0.4 is 0 Å². The molecule has 0 spiro atoms. The fraction of sp³-hybridized carbons (Fsp3) is 0.423. The fourth-order valence-corrected chi connectivity index (χ4v) is 4.78. The molecule has 0 radical (unpaired) electrons. The van der Waals surface area contributed by atoms with Crippen LogP contribution in [0.2, 0.25) is 0 Å². The van der Waals surface area contributed by atoms with Crippen molar-refractivity contribution in [1.29, 1.82) is 0 Å². The van der Waals surface area contributed by atoms with Crippen LogP contribution in [0.4, 0.5) is 0 Å². The largest absolute Gasteiger partial charge is 0.341 e. The first-order chi connectivity index (χ1) is 15.0. The predicted molar refractivity (Wildman–Crippen MR) is 120 cm³/mol. The van der Waals surface area contributed by atoms with Crippen LogP contribution in [0.25, 0.3) is 0 Å². The molecule has 4 rings (SSSR count). The summed E-state index contributed by atoms with van der Waals surface area (Å²) in [6.45, 7) is 5.29. The second-order valence-electron chi connectivity index (χ2n) is 8.81. The van der Waals surface area contributed by atoms with Gasteiger partial charge in [0.2, 0.25) is 5.91 Å². The minimum absolute atomic E-state index is 0.0954. The Labute approximate surface area is 184 Å². The number of hydrogen-bond donors (Lipinski definition) is 0. The first-order valence-electron chi connectivity index (χ1n) is 11.3. The lowest BCUT2D eigenvalue weighted by Gasteiger charge is -2.38. The van der Waals surface area contributed by atoms with Gasteiger partial charge in [-0.25, -0.2) is 0 Å². The van der Waals surface area contributed by atoms with Crippen molar-refractivity contribution in [3.05, 3.63) is 71.3 Å². The summed E-state index contributed by atoms with van der Waals surface area (Å²) in [6.07, 6.45) is 3.62. The van der Waals surface area contributed by atoms with E-state index in [1.165, 1.54) is 10.5 Å². The maximum Gasteiger partial charge on any atom is 0.262 e. The summed E-state index contributed by atoms with van der Waals surface area (Å²) < 4.78 is 0. The van der Waals surface area contributed by atoms with Gasteiger partial charge < -0.3 is 4.90 Å². The Morgan fingerprint density at radius 1 is 0.935 bits per heavy atom. The SMILES string of the molecule is CC[C@H](C)[C@H](C(=O)N1CCC(Cc2ccccc2)CC1)N1C(=O)c2ccccc2C1=O. The number of hydrogen-bond acceptors (Lipinski definition) is 3. The third-order valence-electron chi connectivity index (χ3n) is 6.83. The number of piperidine rings is 1. The summed E-state index contributed by atoms with van der Waals surface area (Å²) in [5, 5.41) is 0. The van der Waals surface area contributed by atoms with Crippen molar-refractivity contribution in [1.82, 2.24) is 9.80 Å². The Bertz CT molecular complexity index is 929. The summed E-state index contributed by atoms with van der Waals surface area (Å²) in [5.41, 5.74) is 2.13. The van der Waals surface area contributed by atoms with Gasteiger partial charge in [-0.05, 0) is 48.8 Å². The Morgan fingerprint density at radius 3 is 2.03 bits per heavy atom. The molecule has 0 saturated carbocycles. The summed E-state index contributed by atoms with van der Waals surface area (Å²) >= 11 is 0. The van der Waals surface area contributed by atoms with Gasteiger partial charge in [-0.2, -0.15) is 0 Å². The number of rotatable bonds is 6. The normalized spacial score (nSPS) is 18.8. The van der Waals surface area contributed by atoms with Gasteiger partial charge in [0.15, 0.2) is 0 Å². The van der Waals surface area contributed by atoms with Crippen LogP contribution in [0.3, 0.4) is 0 Å². The number of fused-ring (bicyclic) bond motifs is 1. The van der Waals surface area contributed by atoms with Gasteiger partial charge in [0, 0.05) is 13.1 Å². The molecular formula is C26H30N2O3. The van der Waals surface area contributed by atoms with Crippen LogP contribution in [0, 0.1) is 11.8 Å². The molecule has 2 aromatic rings. The van der Waals surface area contributed by atoms with Gasteiger partial charge in [0.1, 0.15) is 6.04 Å². The number of imide groups is 1. The predicted octanol–water partition coefficient (Wildman–Crippen LogP) is 4.18. The highest BCUT2D eigenvalue weighted by Crippen LogP contribution is 2.30. The van der Waals surface area contributed by atoms with Crippen LogP contribution in [-0.4, -0.2) is 46.7 Å². The molecule has 2 aliphatic heterocycles. The van der Waals surface area contributed by atoms with E-state index >= 15 is 0 Å². The summed E-state index contributed by atoms with van der Waals surface area (Å²) in [7, 11) is 0. The highest BCUT2D eigenvalue weighted by Gasteiger charge is 2.45. The second kappa shape index (κ2) is 9.04. The number of nitrogens with zero attached hydrogens (tertiary/aromatic N) is 2. The van der Waals surface area contributed by atoms with E-state index in [0.29, 0.717) is 36.6 Å². The van der Waals surface area contributed by atoms with Crippen molar-refractivity contribution < 1.29 is 14.4 Å². The highest BCUT2D eigenvalue weighted by atomic mass is 16.2. The van der Waals surface area contributed by atoms with Crippen molar-refractivity contribution in [3.63, 3.8) is 0 Å². The molecule has 0 aliphatic carbocycles. The van der Waals surface area contributed by atoms with E-state index in [1.54, 1.807) is 24.3 Å². The third kappa shape index (κ3) is 4.14. The van der Waals surface area contributed by atoms with Gasteiger partial charge in [0.25, 0.3) is 11.8 Å². The van der Waals surface area contributed by atoms with Crippen molar-refractivity contribution in [2.24, 2.45) is 11.8 Å². The summed E-state index contributed by atoms with van der Waals surface area (Å²) in [4.78, 5) is 42.7. The van der Waals surface area contributed by atoms with Crippen molar-refractivity contribution in [2.75, 3.05) is 13.1 Å². The molecule has 5 nitrogen and oxygen atoms in total. The minimum atomic E-state index is -0.747. The molecule has 162 valence electrons. The Kier molecular flexibility index (Phi) is 6.21. The minimum Gasteiger partial charge on any atom is -0.341 e. The van der Waals surface area contributed by atoms with Crippen molar-refractivity contribution >= 4 is 17.7 Å². The van der Waals surface area contributed by atoms with E-state index in [0.717, 1.165) is 19.3 Å². The molecule has 2 aromatic carbocycles. The third-order valence-corrected chi connectivity index (χ3v) is 6.83. The number of likely N-dealkylation sites (tertiary alicyclic amines) is 1. The van der Waals surface area contributed by atoms with Crippen molar-refractivity contribution in [2.45, 2.75) is 45.6 Å². The van der Waals surface area contributed by atoms with Crippen LogP contribution in [0.15, 0.2) is 54.6 Å². The van der Waals surface area contributed by atoms with Gasteiger partial charge in [-0.1, -0.05) is 62.7 Å². The van der Waals surface area contributed by atoms with Crippen LogP contribution >= 0.6 is 0 Å². The standard InChI is InChI=1S/C26H30N2O3/c1-3-18(2)23(28-24(29)21-11-7-8-12-22(21)25(28)30)26(31)27-15-13-20(14-16-27)17-19-9-5-4-6-10-19/h4-12,18,20,23H,3,13-17H2,1-2H3/t18-,23+/m0/s1. The maximum absolute atomic E-state index is 13.6. The molecule has 2 aliphatic rings. The first kappa shape index (κ1) is 21.3. The molecule has 0 bridgehead atoms. The van der Waals surface area contributed by atoms with Crippen LogP contribution in [-0.2, 0) is 11.2 Å². The van der Waals surface area contributed by atoms with Gasteiger partial charge >= 0.3 is 0 Å².